The molecule has 1 saturated carbocycles. The molecule has 0 bridgehead atoms. The maximum atomic E-state index is 12.7. The minimum Gasteiger partial charge on any atom is -0.371 e. The lowest BCUT2D eigenvalue weighted by Crippen LogP contribution is -2.51. The van der Waals surface area contributed by atoms with Gasteiger partial charge in [0, 0.05) is 12.0 Å². The van der Waals surface area contributed by atoms with Crippen LogP contribution >= 0.6 is 11.3 Å². The number of thiazole rings is 1. The number of halogens is 3. The summed E-state index contributed by atoms with van der Waals surface area (Å²) in [6, 6.07) is 0. The molecule has 1 aromatic heterocycles. The standard InChI is InChI=1S/C15H19F3N2O2S/c16-15(17,18)13(21)20-14(6-2-1-3-7-14)11-9-23-12(19-11)10-5-4-8-22-10/h9-10H,1-8H2,(H,20,21). The van der Waals surface area contributed by atoms with Gasteiger partial charge in [0.15, 0.2) is 0 Å². The van der Waals surface area contributed by atoms with Crippen molar-refractivity contribution < 1.29 is 22.7 Å². The van der Waals surface area contributed by atoms with Crippen LogP contribution in [-0.2, 0) is 15.1 Å². The molecule has 2 heterocycles. The Morgan fingerprint density at radius 3 is 2.65 bits per heavy atom. The van der Waals surface area contributed by atoms with Crippen LogP contribution in [0.25, 0.3) is 0 Å². The van der Waals surface area contributed by atoms with E-state index in [2.05, 4.69) is 10.3 Å². The van der Waals surface area contributed by atoms with Crippen LogP contribution in [0.15, 0.2) is 5.38 Å². The normalized spacial score (nSPS) is 24.6. The first kappa shape index (κ1) is 16.7. The van der Waals surface area contributed by atoms with Crippen molar-refractivity contribution in [1.82, 2.24) is 10.3 Å². The fourth-order valence-corrected chi connectivity index (χ4v) is 4.32. The lowest BCUT2D eigenvalue weighted by molar-refractivity contribution is -0.176. The van der Waals surface area contributed by atoms with E-state index in [4.69, 9.17) is 4.74 Å². The van der Waals surface area contributed by atoms with E-state index in [-0.39, 0.29) is 6.10 Å². The van der Waals surface area contributed by atoms with Gasteiger partial charge >= 0.3 is 12.1 Å². The molecule has 8 heteroatoms. The van der Waals surface area contributed by atoms with Crippen molar-refractivity contribution in [2.45, 2.75) is 62.8 Å². The van der Waals surface area contributed by atoms with Gasteiger partial charge in [-0.05, 0) is 25.7 Å². The first-order chi connectivity index (χ1) is 10.9. The zero-order valence-corrected chi connectivity index (χ0v) is 13.4. The summed E-state index contributed by atoms with van der Waals surface area (Å²) in [6.07, 6.45) is 0.421. The Hall–Kier alpha value is -1.15. The molecule has 0 spiro atoms. The van der Waals surface area contributed by atoms with Crippen molar-refractivity contribution >= 4 is 17.2 Å². The van der Waals surface area contributed by atoms with E-state index in [9.17, 15) is 18.0 Å². The Labute approximate surface area is 136 Å². The number of carbonyl (C=O) groups excluding carboxylic acids is 1. The maximum Gasteiger partial charge on any atom is 0.471 e. The molecule has 1 unspecified atom stereocenters. The molecule has 1 aromatic rings. The number of rotatable bonds is 3. The monoisotopic (exact) mass is 348 g/mol. The predicted octanol–water partition coefficient (Wildman–Crippen LogP) is 3.83. The Balaban J connectivity index is 1.85. The van der Waals surface area contributed by atoms with Gasteiger partial charge in [-0.15, -0.1) is 11.3 Å². The fraction of sp³-hybridized carbons (Fsp3) is 0.733. The van der Waals surface area contributed by atoms with E-state index in [0.29, 0.717) is 25.1 Å². The van der Waals surface area contributed by atoms with Gasteiger partial charge in [-0.2, -0.15) is 13.2 Å². The summed E-state index contributed by atoms with van der Waals surface area (Å²) < 4.78 is 43.7. The molecule has 1 aliphatic carbocycles. The van der Waals surface area contributed by atoms with Gasteiger partial charge in [-0.1, -0.05) is 19.3 Å². The molecule has 4 nitrogen and oxygen atoms in total. The first-order valence-corrected chi connectivity index (χ1v) is 8.75. The van der Waals surface area contributed by atoms with Crippen molar-refractivity contribution in [2.24, 2.45) is 0 Å². The Kier molecular flexibility index (Phi) is 4.64. The Morgan fingerprint density at radius 2 is 2.04 bits per heavy atom. The van der Waals surface area contributed by atoms with Crippen LogP contribution in [0.2, 0.25) is 0 Å². The molecule has 3 rings (SSSR count). The summed E-state index contributed by atoms with van der Waals surface area (Å²) >= 11 is 1.40. The number of aromatic nitrogens is 1. The number of hydrogen-bond acceptors (Lipinski definition) is 4. The second-order valence-corrected chi connectivity index (χ2v) is 7.06. The molecule has 2 aliphatic rings. The highest BCUT2D eigenvalue weighted by atomic mass is 32.1. The van der Waals surface area contributed by atoms with Crippen LogP contribution in [0.3, 0.4) is 0 Å². The van der Waals surface area contributed by atoms with Crippen molar-refractivity contribution in [3.05, 3.63) is 16.1 Å². The van der Waals surface area contributed by atoms with Gasteiger partial charge in [0.05, 0.1) is 11.2 Å². The Morgan fingerprint density at radius 1 is 1.30 bits per heavy atom. The predicted molar refractivity (Wildman–Crippen MR) is 79.0 cm³/mol. The van der Waals surface area contributed by atoms with E-state index in [1.165, 1.54) is 11.3 Å². The molecule has 1 atom stereocenters. The largest absolute Gasteiger partial charge is 0.471 e. The van der Waals surface area contributed by atoms with Gasteiger partial charge in [-0.3, -0.25) is 4.79 Å². The highest BCUT2D eigenvalue weighted by Gasteiger charge is 2.46. The zero-order valence-electron chi connectivity index (χ0n) is 12.6. The smallest absolute Gasteiger partial charge is 0.371 e. The van der Waals surface area contributed by atoms with Crippen molar-refractivity contribution in [3.8, 4) is 0 Å². The molecule has 0 radical (unpaired) electrons. The van der Waals surface area contributed by atoms with Crippen LogP contribution in [0.4, 0.5) is 13.2 Å². The van der Waals surface area contributed by atoms with Crippen molar-refractivity contribution in [3.63, 3.8) is 0 Å². The quantitative estimate of drug-likeness (QED) is 0.903. The number of alkyl halides is 3. The summed E-state index contributed by atoms with van der Waals surface area (Å²) in [5, 5.41) is 4.80. The first-order valence-electron chi connectivity index (χ1n) is 7.88. The highest BCUT2D eigenvalue weighted by molar-refractivity contribution is 7.09. The second kappa shape index (κ2) is 6.39. The summed E-state index contributed by atoms with van der Waals surface area (Å²) in [5.74, 6) is -1.88. The average Bonchev–Trinajstić information content (AvgIpc) is 3.18. The van der Waals surface area contributed by atoms with Crippen LogP contribution < -0.4 is 5.32 Å². The number of nitrogens with one attached hydrogen (secondary N) is 1. The topological polar surface area (TPSA) is 51.2 Å². The maximum absolute atomic E-state index is 12.7. The SMILES string of the molecule is O=C(NC1(c2csc(C3CCCO3)n2)CCCCC1)C(F)(F)F. The highest BCUT2D eigenvalue weighted by Crippen LogP contribution is 2.40. The van der Waals surface area contributed by atoms with Gasteiger partial charge in [-0.25, -0.2) is 4.98 Å². The molecular formula is C15H19F3N2O2S. The summed E-state index contributed by atoms with van der Waals surface area (Å²) in [7, 11) is 0. The lowest BCUT2D eigenvalue weighted by Gasteiger charge is -2.37. The van der Waals surface area contributed by atoms with Crippen molar-refractivity contribution in [1.29, 1.82) is 0 Å². The summed E-state index contributed by atoms with van der Waals surface area (Å²) in [4.78, 5) is 16.0. The van der Waals surface area contributed by atoms with Crippen LogP contribution in [0.1, 0.15) is 61.8 Å². The number of carbonyl (C=O) groups is 1. The van der Waals surface area contributed by atoms with Gasteiger partial charge in [0.25, 0.3) is 0 Å². The van der Waals surface area contributed by atoms with Crippen LogP contribution in [0.5, 0.6) is 0 Å². The molecular weight excluding hydrogens is 329 g/mol. The number of ether oxygens (including phenoxy) is 1. The molecule has 2 fully saturated rings. The third-order valence-corrected chi connectivity index (χ3v) is 5.47. The molecule has 1 saturated heterocycles. The summed E-state index contributed by atoms with van der Waals surface area (Å²) in [5.41, 5.74) is -0.455. The number of nitrogens with zero attached hydrogens (tertiary/aromatic N) is 1. The molecule has 1 aliphatic heterocycles. The lowest BCUT2D eigenvalue weighted by atomic mass is 9.79. The van der Waals surface area contributed by atoms with E-state index in [1.807, 2.05) is 0 Å². The van der Waals surface area contributed by atoms with Crippen LogP contribution in [0, 0.1) is 0 Å². The van der Waals surface area contributed by atoms with E-state index in [1.54, 1.807) is 5.38 Å². The summed E-state index contributed by atoms with van der Waals surface area (Å²) in [6.45, 7) is 0.690. The zero-order chi connectivity index (χ0) is 16.5. The third kappa shape index (κ3) is 3.52. The molecule has 1 amide bonds. The molecule has 1 N–H and O–H groups in total. The third-order valence-electron chi connectivity index (χ3n) is 4.53. The molecule has 0 aromatic carbocycles. The van der Waals surface area contributed by atoms with E-state index >= 15 is 0 Å². The van der Waals surface area contributed by atoms with Crippen LogP contribution in [-0.4, -0.2) is 23.7 Å². The number of amides is 1. The molecule has 23 heavy (non-hydrogen) atoms. The van der Waals surface area contributed by atoms with Gasteiger partial charge in [0.1, 0.15) is 11.1 Å². The van der Waals surface area contributed by atoms with E-state index in [0.717, 1.165) is 37.1 Å². The van der Waals surface area contributed by atoms with Gasteiger partial charge in [0.2, 0.25) is 0 Å². The van der Waals surface area contributed by atoms with Crippen molar-refractivity contribution in [2.75, 3.05) is 6.61 Å². The minimum absolute atomic E-state index is 0.0623. The molecule has 128 valence electrons. The van der Waals surface area contributed by atoms with Gasteiger partial charge < -0.3 is 10.1 Å². The average molecular weight is 348 g/mol. The number of hydrogen-bond donors (Lipinski definition) is 1. The Bertz CT molecular complexity index is 561. The fourth-order valence-electron chi connectivity index (χ4n) is 3.32. The second-order valence-electron chi connectivity index (χ2n) is 6.17. The minimum atomic E-state index is -4.88. The van der Waals surface area contributed by atoms with E-state index < -0.39 is 17.6 Å².